The predicted octanol–water partition coefficient (Wildman–Crippen LogP) is 2.09. The second-order valence-electron chi connectivity index (χ2n) is 2.70. The van der Waals surface area contributed by atoms with Crippen LogP contribution in [0.4, 0.5) is 0 Å². The third kappa shape index (κ3) is 2.94. The lowest BCUT2D eigenvalue weighted by Crippen LogP contribution is -1.89. The number of methoxy groups -OCH3 is 1. The van der Waals surface area contributed by atoms with Gasteiger partial charge in [0.2, 0.25) is 0 Å². The van der Waals surface area contributed by atoms with Crippen molar-refractivity contribution < 1.29 is 9.84 Å². The van der Waals surface area contributed by atoms with E-state index >= 15 is 0 Å². The van der Waals surface area contributed by atoms with Crippen LogP contribution >= 0.6 is 11.8 Å². The van der Waals surface area contributed by atoms with Crippen LogP contribution in [0, 0.1) is 6.92 Å². The molecule has 0 amide bonds. The molecule has 0 unspecified atom stereocenters. The van der Waals surface area contributed by atoms with Crippen molar-refractivity contribution in [3.8, 4) is 5.75 Å². The maximum Gasteiger partial charge on any atom is 0.119 e. The first kappa shape index (κ1) is 10.4. The van der Waals surface area contributed by atoms with E-state index in [4.69, 9.17) is 9.84 Å². The Bertz CT molecular complexity index is 274. The van der Waals surface area contributed by atoms with Gasteiger partial charge in [0.05, 0.1) is 13.7 Å². The largest absolute Gasteiger partial charge is 0.497 e. The zero-order valence-electron chi connectivity index (χ0n) is 7.91. The third-order valence-electron chi connectivity index (χ3n) is 1.73. The molecule has 0 aliphatic carbocycles. The summed E-state index contributed by atoms with van der Waals surface area (Å²) >= 11 is 1.66. The van der Waals surface area contributed by atoms with Crippen molar-refractivity contribution in [3.63, 3.8) is 0 Å². The Morgan fingerprint density at radius 1 is 1.46 bits per heavy atom. The van der Waals surface area contributed by atoms with E-state index in [2.05, 4.69) is 0 Å². The van der Waals surface area contributed by atoms with Crippen molar-refractivity contribution in [2.24, 2.45) is 0 Å². The summed E-state index contributed by atoms with van der Waals surface area (Å²) in [5.74, 6) is 1.62. The topological polar surface area (TPSA) is 29.5 Å². The molecule has 0 saturated heterocycles. The molecule has 1 aromatic carbocycles. The SMILES string of the molecule is COc1ccc(SCCO)c(C)c1. The van der Waals surface area contributed by atoms with Crippen LogP contribution in [0.2, 0.25) is 0 Å². The number of thioether (sulfide) groups is 1. The fraction of sp³-hybridized carbons (Fsp3) is 0.400. The van der Waals surface area contributed by atoms with Gasteiger partial charge in [-0.15, -0.1) is 11.8 Å². The van der Waals surface area contributed by atoms with E-state index in [0.717, 1.165) is 11.5 Å². The summed E-state index contributed by atoms with van der Waals surface area (Å²) in [5.41, 5.74) is 1.19. The summed E-state index contributed by atoms with van der Waals surface area (Å²) in [6, 6.07) is 5.96. The van der Waals surface area contributed by atoms with Gasteiger partial charge in [0, 0.05) is 10.6 Å². The van der Waals surface area contributed by atoms with Crippen molar-refractivity contribution in [3.05, 3.63) is 23.8 Å². The summed E-state index contributed by atoms with van der Waals surface area (Å²) in [5, 5.41) is 8.67. The van der Waals surface area contributed by atoms with E-state index in [-0.39, 0.29) is 6.61 Å². The molecule has 2 nitrogen and oxygen atoms in total. The van der Waals surface area contributed by atoms with Gasteiger partial charge in [0.25, 0.3) is 0 Å². The minimum atomic E-state index is 0.218. The van der Waals surface area contributed by atoms with Gasteiger partial charge < -0.3 is 9.84 Å². The molecule has 1 rings (SSSR count). The van der Waals surface area contributed by atoms with Crippen molar-refractivity contribution in [1.29, 1.82) is 0 Å². The highest BCUT2D eigenvalue weighted by molar-refractivity contribution is 7.99. The number of hydrogen-bond acceptors (Lipinski definition) is 3. The smallest absolute Gasteiger partial charge is 0.119 e. The Labute approximate surface area is 82.9 Å². The highest BCUT2D eigenvalue weighted by Crippen LogP contribution is 2.25. The van der Waals surface area contributed by atoms with Crippen LogP contribution < -0.4 is 4.74 Å². The van der Waals surface area contributed by atoms with E-state index in [0.29, 0.717) is 0 Å². The predicted molar refractivity (Wildman–Crippen MR) is 55.5 cm³/mol. The average Bonchev–Trinajstić information content (AvgIpc) is 2.16. The molecule has 72 valence electrons. The van der Waals surface area contributed by atoms with Crippen molar-refractivity contribution in [1.82, 2.24) is 0 Å². The van der Waals surface area contributed by atoms with Gasteiger partial charge in [0.1, 0.15) is 5.75 Å². The average molecular weight is 198 g/mol. The second-order valence-corrected chi connectivity index (χ2v) is 3.84. The first-order chi connectivity index (χ1) is 6.27. The fourth-order valence-electron chi connectivity index (χ4n) is 1.07. The first-order valence-corrected chi connectivity index (χ1v) is 5.15. The number of benzene rings is 1. The minimum absolute atomic E-state index is 0.218. The summed E-state index contributed by atoms with van der Waals surface area (Å²) in [4.78, 5) is 1.20. The molecule has 0 aliphatic heterocycles. The maximum atomic E-state index is 8.67. The molecule has 0 spiro atoms. The molecular weight excluding hydrogens is 184 g/mol. The monoisotopic (exact) mass is 198 g/mol. The molecular formula is C10H14O2S. The Morgan fingerprint density at radius 2 is 2.23 bits per heavy atom. The highest BCUT2D eigenvalue weighted by atomic mass is 32.2. The van der Waals surface area contributed by atoms with Crippen LogP contribution in [0.5, 0.6) is 5.75 Å². The Hall–Kier alpha value is -0.670. The molecule has 0 atom stereocenters. The van der Waals surface area contributed by atoms with E-state index in [1.807, 2.05) is 25.1 Å². The Kier molecular flexibility index (Phi) is 4.12. The quantitative estimate of drug-likeness (QED) is 0.751. The van der Waals surface area contributed by atoms with Crippen LogP contribution in [0.1, 0.15) is 5.56 Å². The van der Waals surface area contributed by atoms with E-state index in [1.54, 1.807) is 18.9 Å². The number of ether oxygens (including phenoxy) is 1. The van der Waals surface area contributed by atoms with Gasteiger partial charge in [-0.05, 0) is 30.7 Å². The van der Waals surface area contributed by atoms with Crippen molar-refractivity contribution in [2.45, 2.75) is 11.8 Å². The number of hydrogen-bond donors (Lipinski definition) is 1. The van der Waals surface area contributed by atoms with Crippen LogP contribution in [0.15, 0.2) is 23.1 Å². The Balaban J connectivity index is 2.73. The van der Waals surface area contributed by atoms with Crippen LogP contribution in [0.25, 0.3) is 0 Å². The molecule has 13 heavy (non-hydrogen) atoms. The maximum absolute atomic E-state index is 8.67. The molecule has 3 heteroatoms. The fourth-order valence-corrected chi connectivity index (χ4v) is 1.83. The van der Waals surface area contributed by atoms with Gasteiger partial charge in [-0.2, -0.15) is 0 Å². The number of rotatable bonds is 4. The molecule has 1 aromatic rings. The number of aliphatic hydroxyl groups is 1. The van der Waals surface area contributed by atoms with Crippen molar-refractivity contribution >= 4 is 11.8 Å². The number of aliphatic hydroxyl groups excluding tert-OH is 1. The third-order valence-corrected chi connectivity index (χ3v) is 2.89. The molecule has 0 heterocycles. The van der Waals surface area contributed by atoms with Gasteiger partial charge in [0.15, 0.2) is 0 Å². The summed E-state index contributed by atoms with van der Waals surface area (Å²) < 4.78 is 5.10. The lowest BCUT2D eigenvalue weighted by Gasteiger charge is -2.06. The van der Waals surface area contributed by atoms with E-state index in [9.17, 15) is 0 Å². The standard InChI is InChI=1S/C10H14O2S/c1-8-7-9(12-2)3-4-10(8)13-6-5-11/h3-4,7,11H,5-6H2,1-2H3. The first-order valence-electron chi connectivity index (χ1n) is 4.16. The lowest BCUT2D eigenvalue weighted by atomic mass is 10.2. The Morgan fingerprint density at radius 3 is 2.77 bits per heavy atom. The summed E-state index contributed by atoms with van der Waals surface area (Å²) in [6.45, 7) is 2.26. The normalized spacial score (nSPS) is 10.1. The molecule has 0 radical (unpaired) electrons. The van der Waals surface area contributed by atoms with Crippen molar-refractivity contribution in [2.75, 3.05) is 19.5 Å². The minimum Gasteiger partial charge on any atom is -0.497 e. The number of aryl methyl sites for hydroxylation is 1. The molecule has 0 saturated carbocycles. The van der Waals surface area contributed by atoms with Gasteiger partial charge in [-0.25, -0.2) is 0 Å². The highest BCUT2D eigenvalue weighted by Gasteiger charge is 1.99. The summed E-state index contributed by atoms with van der Waals surface area (Å²) in [7, 11) is 1.66. The van der Waals surface area contributed by atoms with Gasteiger partial charge in [-0.1, -0.05) is 0 Å². The van der Waals surface area contributed by atoms with E-state index in [1.165, 1.54) is 10.5 Å². The molecule has 0 aliphatic rings. The molecule has 1 N–H and O–H groups in total. The van der Waals surface area contributed by atoms with Crippen LogP contribution in [-0.2, 0) is 0 Å². The molecule has 0 fully saturated rings. The second kappa shape index (κ2) is 5.14. The van der Waals surface area contributed by atoms with Gasteiger partial charge >= 0.3 is 0 Å². The summed E-state index contributed by atoms with van der Waals surface area (Å²) in [6.07, 6.45) is 0. The molecule has 0 bridgehead atoms. The van der Waals surface area contributed by atoms with Gasteiger partial charge in [-0.3, -0.25) is 0 Å². The van der Waals surface area contributed by atoms with E-state index < -0.39 is 0 Å². The van der Waals surface area contributed by atoms with Crippen LogP contribution in [0.3, 0.4) is 0 Å². The lowest BCUT2D eigenvalue weighted by molar-refractivity contribution is 0.322. The molecule has 0 aromatic heterocycles. The van der Waals surface area contributed by atoms with Crippen LogP contribution in [-0.4, -0.2) is 24.6 Å². The zero-order chi connectivity index (χ0) is 9.68. The zero-order valence-corrected chi connectivity index (χ0v) is 8.73.